The molecule has 2 nitrogen and oxygen atoms in total. The number of carbonyl (C=O) groups excluding carboxylic acids is 1. The predicted octanol–water partition coefficient (Wildman–Crippen LogP) is 3.96. The Kier molecular flexibility index (Phi) is 5.53. The van der Waals surface area contributed by atoms with Gasteiger partial charge in [0.15, 0.2) is 5.78 Å². The first-order chi connectivity index (χ1) is 10.1. The molecule has 0 aliphatic carbocycles. The van der Waals surface area contributed by atoms with Crippen molar-refractivity contribution >= 4 is 34.4 Å². The summed E-state index contributed by atoms with van der Waals surface area (Å²) < 4.78 is 12.4. The monoisotopic (exact) mass is 316 g/mol. The highest BCUT2D eigenvalue weighted by Crippen LogP contribution is 2.20. The smallest absolute Gasteiger partial charge is 0.193 e. The second kappa shape index (κ2) is 7.38. The van der Waals surface area contributed by atoms with Gasteiger partial charge in [-0.15, -0.1) is 11.8 Å². The molecule has 0 saturated heterocycles. The van der Waals surface area contributed by atoms with Gasteiger partial charge in [-0.25, -0.2) is 0 Å². The summed E-state index contributed by atoms with van der Waals surface area (Å²) in [6.07, 6.45) is 5.41. The topological polar surface area (TPSA) is 34.1 Å². The number of hydrogen-bond acceptors (Lipinski definition) is 3. The third-order valence-electron chi connectivity index (χ3n) is 2.95. The number of benzene rings is 2. The van der Waals surface area contributed by atoms with E-state index in [-0.39, 0.29) is 5.78 Å². The quantitative estimate of drug-likeness (QED) is 0.783. The predicted molar refractivity (Wildman–Crippen MR) is 91.9 cm³/mol. The van der Waals surface area contributed by atoms with Crippen molar-refractivity contribution in [3.63, 3.8) is 0 Å². The molecule has 0 spiro atoms. The Morgan fingerprint density at radius 1 is 1.05 bits per heavy atom. The first-order valence-electron chi connectivity index (χ1n) is 6.40. The molecule has 1 unspecified atom stereocenters. The SMILES string of the molecule is CSC(=Cc1cccc(C(=O)c2ccccc2)c1)S(C)=O. The van der Waals surface area contributed by atoms with Gasteiger partial charge in [-0.05, 0) is 24.0 Å². The van der Waals surface area contributed by atoms with Crippen LogP contribution in [-0.2, 0) is 10.8 Å². The molecule has 21 heavy (non-hydrogen) atoms. The lowest BCUT2D eigenvalue weighted by molar-refractivity contribution is 0.103. The maximum Gasteiger partial charge on any atom is 0.193 e. The molecular weight excluding hydrogens is 300 g/mol. The highest BCUT2D eigenvalue weighted by molar-refractivity contribution is 8.16. The fourth-order valence-corrected chi connectivity index (χ4v) is 3.42. The molecule has 0 fully saturated rings. The normalized spacial score (nSPS) is 13.0. The zero-order chi connectivity index (χ0) is 15.2. The van der Waals surface area contributed by atoms with Crippen molar-refractivity contribution in [3.8, 4) is 0 Å². The van der Waals surface area contributed by atoms with E-state index in [1.807, 2.05) is 48.7 Å². The number of carbonyl (C=O) groups is 1. The maximum absolute atomic E-state index is 12.4. The molecule has 2 rings (SSSR count). The van der Waals surface area contributed by atoms with Gasteiger partial charge in [0.2, 0.25) is 0 Å². The second-order valence-corrected chi connectivity index (χ2v) is 6.90. The van der Waals surface area contributed by atoms with Crippen LogP contribution in [0, 0.1) is 0 Å². The molecule has 4 heteroatoms. The molecule has 0 N–H and O–H groups in total. The Morgan fingerprint density at radius 2 is 1.71 bits per heavy atom. The summed E-state index contributed by atoms with van der Waals surface area (Å²) >= 11 is 1.46. The van der Waals surface area contributed by atoms with E-state index in [4.69, 9.17) is 0 Å². The largest absolute Gasteiger partial charge is 0.289 e. The lowest BCUT2D eigenvalue weighted by Crippen LogP contribution is -2.01. The van der Waals surface area contributed by atoms with E-state index in [9.17, 15) is 9.00 Å². The zero-order valence-corrected chi connectivity index (χ0v) is 13.5. The van der Waals surface area contributed by atoms with Crippen LogP contribution in [0.5, 0.6) is 0 Å². The number of thioether (sulfide) groups is 1. The number of hydrogen-bond donors (Lipinski definition) is 0. The molecule has 0 bridgehead atoms. The van der Waals surface area contributed by atoms with Crippen molar-refractivity contribution in [3.05, 3.63) is 75.5 Å². The first-order valence-corrected chi connectivity index (χ1v) is 9.19. The van der Waals surface area contributed by atoms with Crippen LogP contribution in [0.4, 0.5) is 0 Å². The molecule has 2 aromatic rings. The van der Waals surface area contributed by atoms with Crippen LogP contribution in [0.2, 0.25) is 0 Å². The molecule has 0 aromatic heterocycles. The fourth-order valence-electron chi connectivity index (χ4n) is 1.92. The second-order valence-electron chi connectivity index (χ2n) is 4.44. The molecule has 1 atom stereocenters. The number of ketones is 1. The molecule has 108 valence electrons. The number of rotatable bonds is 5. The molecule has 0 saturated carbocycles. The lowest BCUT2D eigenvalue weighted by Gasteiger charge is -2.04. The van der Waals surface area contributed by atoms with Gasteiger partial charge >= 0.3 is 0 Å². The van der Waals surface area contributed by atoms with Crippen LogP contribution in [0.3, 0.4) is 0 Å². The third kappa shape index (κ3) is 4.16. The van der Waals surface area contributed by atoms with Gasteiger partial charge < -0.3 is 0 Å². The Balaban J connectivity index is 2.34. The van der Waals surface area contributed by atoms with Crippen molar-refractivity contribution in [1.82, 2.24) is 0 Å². The Hall–Kier alpha value is -1.65. The van der Waals surface area contributed by atoms with Gasteiger partial charge in [-0.2, -0.15) is 0 Å². The maximum atomic E-state index is 12.4. The minimum absolute atomic E-state index is 0.00540. The highest BCUT2D eigenvalue weighted by atomic mass is 32.2. The molecule has 0 aliphatic heterocycles. The van der Waals surface area contributed by atoms with E-state index in [0.29, 0.717) is 11.1 Å². The lowest BCUT2D eigenvalue weighted by atomic mass is 10.0. The van der Waals surface area contributed by atoms with E-state index in [1.54, 1.807) is 24.5 Å². The molecule has 0 radical (unpaired) electrons. The summed E-state index contributed by atoms with van der Waals surface area (Å²) in [5.41, 5.74) is 2.19. The fraction of sp³-hybridized carbons (Fsp3) is 0.118. The average Bonchev–Trinajstić information content (AvgIpc) is 2.52. The zero-order valence-electron chi connectivity index (χ0n) is 11.9. The average molecular weight is 316 g/mol. The Bertz CT molecular complexity index is 691. The van der Waals surface area contributed by atoms with E-state index in [2.05, 4.69) is 0 Å². The van der Waals surface area contributed by atoms with Gasteiger partial charge in [0.05, 0.1) is 15.0 Å². The van der Waals surface area contributed by atoms with E-state index < -0.39 is 10.8 Å². The minimum Gasteiger partial charge on any atom is -0.289 e. The molecular formula is C17H16O2S2. The van der Waals surface area contributed by atoms with E-state index in [0.717, 1.165) is 9.80 Å². The molecule has 0 heterocycles. The highest BCUT2D eigenvalue weighted by Gasteiger charge is 2.09. The van der Waals surface area contributed by atoms with Gasteiger partial charge in [-0.3, -0.25) is 9.00 Å². The molecule has 0 aliphatic rings. The van der Waals surface area contributed by atoms with Crippen molar-refractivity contribution in [2.45, 2.75) is 0 Å². The van der Waals surface area contributed by atoms with E-state index >= 15 is 0 Å². The summed E-state index contributed by atoms with van der Waals surface area (Å²) in [5.74, 6) is -0.00540. The Morgan fingerprint density at radius 3 is 2.33 bits per heavy atom. The van der Waals surface area contributed by atoms with Crippen LogP contribution in [0.1, 0.15) is 21.5 Å². The summed E-state index contributed by atoms with van der Waals surface area (Å²) in [6, 6.07) is 16.6. The first kappa shape index (κ1) is 15.7. The van der Waals surface area contributed by atoms with Gasteiger partial charge in [0, 0.05) is 17.4 Å². The van der Waals surface area contributed by atoms with Gasteiger partial charge in [-0.1, -0.05) is 48.5 Å². The van der Waals surface area contributed by atoms with Gasteiger partial charge in [0.25, 0.3) is 0 Å². The third-order valence-corrected chi connectivity index (χ3v) is 5.36. The van der Waals surface area contributed by atoms with Gasteiger partial charge in [0.1, 0.15) is 0 Å². The minimum atomic E-state index is -1.02. The standard InChI is InChI=1S/C17H16O2S2/c1-20-16(21(2)19)12-13-7-6-10-15(11-13)17(18)14-8-4-3-5-9-14/h3-12H,1-2H3. The van der Waals surface area contributed by atoms with E-state index in [1.165, 1.54) is 11.8 Å². The summed E-state index contributed by atoms with van der Waals surface area (Å²) in [6.45, 7) is 0. The van der Waals surface area contributed by atoms with Crippen molar-refractivity contribution < 1.29 is 9.00 Å². The van der Waals surface area contributed by atoms with Crippen LogP contribution < -0.4 is 0 Å². The van der Waals surface area contributed by atoms with Crippen LogP contribution in [0.15, 0.2) is 58.8 Å². The van der Waals surface area contributed by atoms with Crippen LogP contribution >= 0.6 is 11.8 Å². The summed E-state index contributed by atoms with van der Waals surface area (Å²) in [4.78, 5) is 12.4. The summed E-state index contributed by atoms with van der Waals surface area (Å²) in [5, 5.41) is 0. The van der Waals surface area contributed by atoms with Crippen molar-refractivity contribution in [2.24, 2.45) is 0 Å². The van der Waals surface area contributed by atoms with Crippen molar-refractivity contribution in [2.75, 3.05) is 12.5 Å². The summed E-state index contributed by atoms with van der Waals surface area (Å²) in [7, 11) is -1.02. The van der Waals surface area contributed by atoms with Crippen molar-refractivity contribution in [1.29, 1.82) is 0 Å². The van der Waals surface area contributed by atoms with Crippen LogP contribution in [-0.4, -0.2) is 22.5 Å². The van der Waals surface area contributed by atoms with Crippen LogP contribution in [0.25, 0.3) is 6.08 Å². The molecule has 2 aromatic carbocycles. The molecule has 0 amide bonds. The Labute approximate surface area is 131 Å².